The number of amides is 1. The molecule has 0 saturated carbocycles. The molecule has 0 radical (unpaired) electrons. The molecule has 2 fully saturated rings. The highest BCUT2D eigenvalue weighted by molar-refractivity contribution is 8.16. The molecule has 0 aliphatic carbocycles. The molecule has 3 rings (SSSR count). The normalized spacial score (nSPS) is 24.6. The van der Waals surface area contributed by atoms with Crippen LogP contribution in [-0.4, -0.2) is 56.5 Å². The highest BCUT2D eigenvalue weighted by atomic mass is 32.2. The number of thioether (sulfide) groups is 1. The zero-order chi connectivity index (χ0) is 20.5. The first-order valence-electron chi connectivity index (χ1n) is 9.34. The van der Waals surface area contributed by atoms with Crippen molar-refractivity contribution in [3.63, 3.8) is 0 Å². The van der Waals surface area contributed by atoms with Crippen LogP contribution in [0.15, 0.2) is 23.2 Å². The number of hydrogen-bond donors (Lipinski definition) is 0. The summed E-state index contributed by atoms with van der Waals surface area (Å²) in [5, 5.41) is 0.431. The average Bonchev–Trinajstić information content (AvgIpc) is 3.12. The lowest BCUT2D eigenvalue weighted by Gasteiger charge is -2.25. The van der Waals surface area contributed by atoms with E-state index < -0.39 is 9.84 Å². The van der Waals surface area contributed by atoms with Gasteiger partial charge in [0, 0.05) is 22.9 Å². The lowest BCUT2D eigenvalue weighted by Crippen LogP contribution is -2.38. The maximum Gasteiger partial charge on any atom is 0.251 e. The summed E-state index contributed by atoms with van der Waals surface area (Å²) in [4.78, 5) is 18.9. The third-order valence-corrected chi connectivity index (χ3v) is 8.46. The van der Waals surface area contributed by atoms with Crippen LogP contribution in [0, 0.1) is 5.92 Å². The molecule has 2 atom stereocenters. The fraction of sp³-hybridized carbons (Fsp3) is 0.579. The Hall–Kier alpha value is -1.74. The molecular weight excluding hydrogens is 400 g/mol. The van der Waals surface area contributed by atoms with Crippen LogP contribution in [0.4, 0.5) is 5.69 Å². The van der Waals surface area contributed by atoms with Gasteiger partial charge >= 0.3 is 0 Å². The second-order valence-corrected chi connectivity index (χ2v) is 10.3. The predicted octanol–water partition coefficient (Wildman–Crippen LogP) is 2.74. The molecule has 9 heteroatoms. The van der Waals surface area contributed by atoms with Gasteiger partial charge in [0.25, 0.3) is 5.91 Å². The first-order chi connectivity index (χ1) is 13.3. The molecule has 0 bridgehead atoms. The predicted molar refractivity (Wildman–Crippen MR) is 112 cm³/mol. The fourth-order valence-electron chi connectivity index (χ4n) is 3.66. The minimum Gasteiger partial charge on any atom is -0.493 e. The molecule has 1 amide bonds. The van der Waals surface area contributed by atoms with E-state index in [9.17, 15) is 13.2 Å². The molecule has 1 aromatic carbocycles. The maximum atomic E-state index is 12.6. The molecule has 1 aromatic rings. The van der Waals surface area contributed by atoms with E-state index in [0.717, 1.165) is 18.5 Å². The lowest BCUT2D eigenvalue weighted by atomic mass is 10.0. The van der Waals surface area contributed by atoms with Crippen molar-refractivity contribution in [3.05, 3.63) is 18.2 Å². The van der Waals surface area contributed by atoms with Crippen molar-refractivity contribution in [2.45, 2.75) is 38.0 Å². The summed E-state index contributed by atoms with van der Waals surface area (Å²) >= 11 is 1.38. The van der Waals surface area contributed by atoms with Crippen LogP contribution in [0.5, 0.6) is 11.5 Å². The number of sulfone groups is 1. The molecule has 2 aliphatic rings. The lowest BCUT2D eigenvalue weighted by molar-refractivity contribution is -0.121. The van der Waals surface area contributed by atoms with Crippen LogP contribution in [0.2, 0.25) is 0 Å². The van der Waals surface area contributed by atoms with E-state index in [0.29, 0.717) is 16.7 Å². The van der Waals surface area contributed by atoms with Gasteiger partial charge in [-0.25, -0.2) is 8.42 Å². The summed E-state index contributed by atoms with van der Waals surface area (Å²) in [5.41, 5.74) is 0.742. The SMILES string of the molecule is CCC(CC)C(=O)N=C1S[C@@H]2CS(=O)(=O)C[C@@H]2N1c1ccc(OC)c(OC)c1. The summed E-state index contributed by atoms with van der Waals surface area (Å²) in [6.07, 6.45) is 1.46. The summed E-state index contributed by atoms with van der Waals surface area (Å²) in [7, 11) is -0.000915. The largest absolute Gasteiger partial charge is 0.493 e. The first-order valence-corrected chi connectivity index (χ1v) is 12.0. The van der Waals surface area contributed by atoms with Crippen LogP contribution in [0.25, 0.3) is 0 Å². The third kappa shape index (κ3) is 4.00. The molecule has 2 heterocycles. The van der Waals surface area contributed by atoms with Crippen molar-refractivity contribution in [2.75, 3.05) is 30.6 Å². The van der Waals surface area contributed by atoms with E-state index in [4.69, 9.17) is 9.47 Å². The Morgan fingerprint density at radius 3 is 2.50 bits per heavy atom. The number of amidine groups is 1. The van der Waals surface area contributed by atoms with Gasteiger partial charge in [0.1, 0.15) is 0 Å². The average molecular weight is 427 g/mol. The van der Waals surface area contributed by atoms with Crippen molar-refractivity contribution in [3.8, 4) is 11.5 Å². The summed E-state index contributed by atoms with van der Waals surface area (Å²) < 4.78 is 35.1. The maximum absolute atomic E-state index is 12.6. The van der Waals surface area contributed by atoms with Crippen LogP contribution in [0.1, 0.15) is 26.7 Å². The zero-order valence-electron chi connectivity index (χ0n) is 16.5. The van der Waals surface area contributed by atoms with Gasteiger partial charge in [0.05, 0.1) is 31.8 Å². The topological polar surface area (TPSA) is 85.3 Å². The number of carbonyl (C=O) groups excluding carboxylic acids is 1. The second kappa shape index (κ2) is 8.32. The van der Waals surface area contributed by atoms with E-state index in [1.165, 1.54) is 11.8 Å². The Morgan fingerprint density at radius 2 is 1.89 bits per heavy atom. The Bertz CT molecular complexity index is 880. The van der Waals surface area contributed by atoms with E-state index in [-0.39, 0.29) is 34.6 Å². The van der Waals surface area contributed by atoms with Gasteiger partial charge in [0.2, 0.25) is 0 Å². The number of ether oxygens (including phenoxy) is 2. The molecule has 7 nitrogen and oxygen atoms in total. The van der Waals surface area contributed by atoms with Crippen LogP contribution in [0.3, 0.4) is 0 Å². The molecular formula is C19H26N2O5S2. The fourth-order valence-corrected chi connectivity index (χ4v) is 7.58. The van der Waals surface area contributed by atoms with Crippen molar-refractivity contribution >= 4 is 38.4 Å². The summed E-state index contributed by atoms with van der Waals surface area (Å²) in [6, 6.07) is 5.16. The number of anilines is 1. The molecule has 2 saturated heterocycles. The molecule has 2 aliphatic heterocycles. The number of methoxy groups -OCH3 is 2. The molecule has 0 aromatic heterocycles. The summed E-state index contributed by atoms with van der Waals surface area (Å²) in [5.74, 6) is 1.01. The van der Waals surface area contributed by atoms with Gasteiger partial charge in [-0.3, -0.25) is 4.79 Å². The Kier molecular flexibility index (Phi) is 6.24. The number of rotatable bonds is 6. The van der Waals surface area contributed by atoms with Crippen LogP contribution in [-0.2, 0) is 14.6 Å². The van der Waals surface area contributed by atoms with Crippen molar-refractivity contribution < 1.29 is 22.7 Å². The van der Waals surface area contributed by atoms with E-state index in [2.05, 4.69) is 4.99 Å². The number of nitrogens with zero attached hydrogens (tertiary/aromatic N) is 2. The minimum atomic E-state index is -3.11. The Balaban J connectivity index is 2.02. The number of fused-ring (bicyclic) bond motifs is 1. The van der Waals surface area contributed by atoms with Gasteiger partial charge in [-0.05, 0) is 25.0 Å². The number of carbonyl (C=O) groups is 1. The Labute approximate surface area is 170 Å². The highest BCUT2D eigenvalue weighted by Gasteiger charge is 2.49. The standard InChI is InChI=1S/C19H26N2O5S2/c1-5-12(6-2)18(22)20-19-21(14-10-28(23,24)11-17(14)27-19)13-7-8-15(25-3)16(9-13)26-4/h7-9,12,14,17H,5-6,10-11H2,1-4H3/t14-,17+/m0/s1. The van der Waals surface area contributed by atoms with Crippen molar-refractivity contribution in [1.29, 1.82) is 0 Å². The molecule has 0 unspecified atom stereocenters. The highest BCUT2D eigenvalue weighted by Crippen LogP contribution is 2.43. The van der Waals surface area contributed by atoms with Crippen molar-refractivity contribution in [2.24, 2.45) is 10.9 Å². The smallest absolute Gasteiger partial charge is 0.251 e. The van der Waals surface area contributed by atoms with Crippen LogP contribution >= 0.6 is 11.8 Å². The Morgan fingerprint density at radius 1 is 1.21 bits per heavy atom. The van der Waals surface area contributed by atoms with Gasteiger partial charge in [0.15, 0.2) is 26.5 Å². The third-order valence-electron chi connectivity index (χ3n) is 5.25. The molecule has 0 N–H and O–H groups in total. The number of hydrogen-bond acceptors (Lipinski definition) is 6. The van der Waals surface area contributed by atoms with Gasteiger partial charge in [-0.2, -0.15) is 4.99 Å². The number of benzene rings is 1. The van der Waals surface area contributed by atoms with Gasteiger partial charge in [-0.1, -0.05) is 25.6 Å². The van der Waals surface area contributed by atoms with Crippen LogP contribution < -0.4 is 14.4 Å². The zero-order valence-corrected chi connectivity index (χ0v) is 18.2. The first kappa shape index (κ1) is 21.0. The van der Waals surface area contributed by atoms with Gasteiger partial charge in [-0.15, -0.1) is 0 Å². The number of aliphatic imine (C=N–C) groups is 1. The van der Waals surface area contributed by atoms with E-state index in [1.54, 1.807) is 26.4 Å². The monoisotopic (exact) mass is 426 g/mol. The summed E-state index contributed by atoms with van der Waals surface area (Å²) in [6.45, 7) is 3.95. The van der Waals surface area contributed by atoms with Crippen molar-refractivity contribution in [1.82, 2.24) is 0 Å². The molecule has 154 valence electrons. The van der Waals surface area contributed by atoms with E-state index in [1.807, 2.05) is 24.8 Å². The van der Waals surface area contributed by atoms with Gasteiger partial charge < -0.3 is 14.4 Å². The molecule has 28 heavy (non-hydrogen) atoms. The molecule has 0 spiro atoms. The van der Waals surface area contributed by atoms with E-state index >= 15 is 0 Å². The quantitative estimate of drug-likeness (QED) is 0.691. The minimum absolute atomic E-state index is 0.0528. The second-order valence-electron chi connectivity index (χ2n) is 6.96.